The minimum atomic E-state index is 0.422. The quantitative estimate of drug-likeness (QED) is 0.724. The number of ether oxygens (including phenoxy) is 1. The SMILES string of the molecule is [c]1[nH]c(OCc2ccco2)c2ccccc12. The van der Waals surface area contributed by atoms with E-state index in [9.17, 15) is 0 Å². The number of H-pyrrole nitrogens is 1. The van der Waals surface area contributed by atoms with Crippen LogP contribution in [0.25, 0.3) is 10.8 Å². The first-order valence-electron chi connectivity index (χ1n) is 5.07. The van der Waals surface area contributed by atoms with E-state index in [0.29, 0.717) is 6.61 Å². The minimum absolute atomic E-state index is 0.422. The standard InChI is InChI=1S/C13H10NO2/c1-2-6-12-10(4-1)8-14-13(12)16-9-11-5-3-7-15-11/h1-7,14H,9H2. The summed E-state index contributed by atoms with van der Waals surface area (Å²) >= 11 is 0. The summed E-state index contributed by atoms with van der Waals surface area (Å²) in [6.45, 7) is 0.422. The number of rotatable bonds is 3. The molecule has 79 valence electrons. The van der Waals surface area contributed by atoms with Crippen LogP contribution in [0.5, 0.6) is 5.88 Å². The van der Waals surface area contributed by atoms with E-state index in [4.69, 9.17) is 9.15 Å². The van der Waals surface area contributed by atoms with Gasteiger partial charge in [-0.1, -0.05) is 18.2 Å². The monoisotopic (exact) mass is 212 g/mol. The molecular formula is C13H10NO2. The fourth-order valence-electron chi connectivity index (χ4n) is 1.63. The van der Waals surface area contributed by atoms with E-state index in [-0.39, 0.29) is 0 Å². The van der Waals surface area contributed by atoms with Gasteiger partial charge in [-0.2, -0.15) is 0 Å². The summed E-state index contributed by atoms with van der Waals surface area (Å²) in [5.74, 6) is 1.53. The van der Waals surface area contributed by atoms with E-state index < -0.39 is 0 Å². The second-order valence-electron chi connectivity index (χ2n) is 3.49. The molecule has 3 heteroatoms. The van der Waals surface area contributed by atoms with Crippen molar-refractivity contribution < 1.29 is 9.15 Å². The maximum atomic E-state index is 5.62. The highest BCUT2D eigenvalue weighted by molar-refractivity contribution is 5.86. The van der Waals surface area contributed by atoms with Crippen LogP contribution in [0.4, 0.5) is 0 Å². The first kappa shape index (κ1) is 9.09. The van der Waals surface area contributed by atoms with Crippen molar-refractivity contribution in [3.8, 4) is 5.88 Å². The highest BCUT2D eigenvalue weighted by Crippen LogP contribution is 2.24. The van der Waals surface area contributed by atoms with E-state index in [1.54, 1.807) is 6.26 Å². The Labute approximate surface area is 92.7 Å². The Morgan fingerprint density at radius 1 is 1.19 bits per heavy atom. The molecule has 0 fully saturated rings. The number of furan rings is 1. The van der Waals surface area contributed by atoms with Gasteiger partial charge in [-0.3, -0.25) is 0 Å². The maximum Gasteiger partial charge on any atom is 0.199 e. The zero-order valence-electron chi connectivity index (χ0n) is 8.57. The average Bonchev–Trinajstić information content (AvgIpc) is 2.96. The zero-order valence-corrected chi connectivity index (χ0v) is 8.57. The van der Waals surface area contributed by atoms with Crippen molar-refractivity contribution in [3.05, 3.63) is 54.6 Å². The van der Waals surface area contributed by atoms with Gasteiger partial charge in [0.2, 0.25) is 0 Å². The molecule has 1 N–H and O–H groups in total. The van der Waals surface area contributed by atoms with E-state index in [1.165, 1.54) is 0 Å². The number of hydrogen-bond donors (Lipinski definition) is 1. The van der Waals surface area contributed by atoms with Gasteiger partial charge in [0.05, 0.1) is 12.5 Å². The predicted octanol–water partition coefficient (Wildman–Crippen LogP) is 3.14. The molecule has 1 aromatic carbocycles. The summed E-state index contributed by atoms with van der Waals surface area (Å²) in [5, 5.41) is 2.06. The molecule has 16 heavy (non-hydrogen) atoms. The summed E-state index contributed by atoms with van der Waals surface area (Å²) in [7, 11) is 0. The van der Waals surface area contributed by atoms with Crippen LogP contribution < -0.4 is 4.74 Å². The number of nitrogens with one attached hydrogen (secondary N) is 1. The van der Waals surface area contributed by atoms with Crippen molar-refractivity contribution in [1.29, 1.82) is 0 Å². The lowest BCUT2D eigenvalue weighted by Gasteiger charge is -2.01. The van der Waals surface area contributed by atoms with Crippen LogP contribution in [0.2, 0.25) is 0 Å². The van der Waals surface area contributed by atoms with Gasteiger partial charge in [0.25, 0.3) is 0 Å². The number of aromatic amines is 1. The third-order valence-corrected chi connectivity index (χ3v) is 2.42. The Bertz CT molecular complexity index is 581. The lowest BCUT2D eigenvalue weighted by atomic mass is 10.2. The first-order chi connectivity index (χ1) is 7.93. The van der Waals surface area contributed by atoms with Crippen LogP contribution in [-0.2, 0) is 6.61 Å². The van der Waals surface area contributed by atoms with Crippen molar-refractivity contribution in [3.63, 3.8) is 0 Å². The highest BCUT2D eigenvalue weighted by Gasteiger charge is 2.05. The van der Waals surface area contributed by atoms with Crippen LogP contribution in [0.15, 0.2) is 47.1 Å². The molecule has 3 nitrogen and oxygen atoms in total. The van der Waals surface area contributed by atoms with Crippen molar-refractivity contribution >= 4 is 10.8 Å². The smallest absolute Gasteiger partial charge is 0.199 e. The molecule has 3 rings (SSSR count). The summed E-state index contributed by atoms with van der Waals surface area (Å²) in [6, 6.07) is 11.7. The van der Waals surface area contributed by atoms with E-state index in [0.717, 1.165) is 22.4 Å². The molecule has 1 radical (unpaired) electrons. The lowest BCUT2D eigenvalue weighted by Crippen LogP contribution is -1.93. The Kier molecular flexibility index (Phi) is 2.14. The Morgan fingerprint density at radius 2 is 2.12 bits per heavy atom. The molecule has 0 aliphatic carbocycles. The molecule has 0 saturated carbocycles. The molecule has 0 saturated heterocycles. The molecule has 0 atom stereocenters. The predicted molar refractivity (Wildman–Crippen MR) is 60.2 cm³/mol. The van der Waals surface area contributed by atoms with Gasteiger partial charge in [-0.25, -0.2) is 0 Å². The number of aromatic nitrogens is 1. The molecule has 0 unspecified atom stereocenters. The van der Waals surface area contributed by atoms with E-state index >= 15 is 0 Å². The summed E-state index contributed by atoms with van der Waals surface area (Å²) in [4.78, 5) is 2.99. The lowest BCUT2D eigenvalue weighted by molar-refractivity contribution is 0.265. The van der Waals surface area contributed by atoms with Gasteiger partial charge >= 0.3 is 0 Å². The molecule has 2 heterocycles. The average molecular weight is 212 g/mol. The molecule has 0 aliphatic heterocycles. The molecule has 0 aliphatic rings. The zero-order chi connectivity index (χ0) is 10.8. The van der Waals surface area contributed by atoms with Gasteiger partial charge < -0.3 is 14.1 Å². The van der Waals surface area contributed by atoms with Crippen LogP contribution in [-0.4, -0.2) is 4.98 Å². The first-order valence-corrected chi connectivity index (χ1v) is 5.07. The molecule has 0 amide bonds. The number of hydrogen-bond acceptors (Lipinski definition) is 2. The maximum absolute atomic E-state index is 5.62. The van der Waals surface area contributed by atoms with Gasteiger partial charge in [-0.15, -0.1) is 0 Å². The summed E-state index contributed by atoms with van der Waals surface area (Å²) in [6.07, 6.45) is 4.67. The molecular weight excluding hydrogens is 202 g/mol. The van der Waals surface area contributed by atoms with Crippen LogP contribution in [0, 0.1) is 6.20 Å². The van der Waals surface area contributed by atoms with Crippen LogP contribution >= 0.6 is 0 Å². The van der Waals surface area contributed by atoms with Crippen LogP contribution in [0.1, 0.15) is 5.76 Å². The van der Waals surface area contributed by atoms with Crippen molar-refractivity contribution in [2.24, 2.45) is 0 Å². The third-order valence-electron chi connectivity index (χ3n) is 2.42. The second kappa shape index (κ2) is 3.77. The minimum Gasteiger partial charge on any atom is -0.470 e. The number of fused-ring (bicyclic) bond motifs is 1. The Balaban J connectivity index is 1.84. The topological polar surface area (TPSA) is 38.2 Å². The van der Waals surface area contributed by atoms with Gasteiger partial charge in [0.1, 0.15) is 12.4 Å². The largest absolute Gasteiger partial charge is 0.470 e. The third kappa shape index (κ3) is 1.56. The van der Waals surface area contributed by atoms with Gasteiger partial charge in [0, 0.05) is 10.8 Å². The highest BCUT2D eigenvalue weighted by atomic mass is 16.5. The number of benzene rings is 1. The normalized spacial score (nSPS) is 10.8. The van der Waals surface area contributed by atoms with Gasteiger partial charge in [0.15, 0.2) is 5.88 Å². The fraction of sp³-hybridized carbons (Fsp3) is 0.0769. The Morgan fingerprint density at radius 3 is 3.00 bits per heavy atom. The summed E-state index contributed by atoms with van der Waals surface area (Å²) in [5.41, 5.74) is 0. The van der Waals surface area contributed by atoms with Crippen LogP contribution in [0.3, 0.4) is 0 Å². The van der Waals surface area contributed by atoms with Crippen molar-refractivity contribution in [2.45, 2.75) is 6.61 Å². The summed E-state index contributed by atoms with van der Waals surface area (Å²) < 4.78 is 10.8. The van der Waals surface area contributed by atoms with E-state index in [1.807, 2.05) is 36.4 Å². The fourth-order valence-corrected chi connectivity index (χ4v) is 1.63. The Hall–Kier alpha value is -2.16. The van der Waals surface area contributed by atoms with E-state index in [2.05, 4.69) is 11.2 Å². The molecule has 0 bridgehead atoms. The second-order valence-corrected chi connectivity index (χ2v) is 3.49. The van der Waals surface area contributed by atoms with Gasteiger partial charge in [-0.05, 0) is 18.2 Å². The van der Waals surface area contributed by atoms with Crippen molar-refractivity contribution in [2.75, 3.05) is 0 Å². The molecule has 0 spiro atoms. The molecule has 3 aromatic rings. The van der Waals surface area contributed by atoms with Crippen molar-refractivity contribution in [1.82, 2.24) is 4.98 Å². The molecule has 2 aromatic heterocycles.